The van der Waals surface area contributed by atoms with Crippen LogP contribution < -0.4 is 9.64 Å². The minimum absolute atomic E-state index is 0.125. The van der Waals surface area contributed by atoms with E-state index in [2.05, 4.69) is 10.1 Å². The van der Waals surface area contributed by atoms with Crippen LogP contribution in [0.2, 0.25) is 0 Å². The summed E-state index contributed by atoms with van der Waals surface area (Å²) in [6.45, 7) is 2.51. The molecule has 142 valence electrons. The minimum Gasteiger partial charge on any atom is -0.423 e. The fraction of sp³-hybridized carbons (Fsp3) is 0.333. The average Bonchev–Trinajstić information content (AvgIpc) is 3.37. The number of benzene rings is 1. The standard InChI is InChI=1S/C21H19N3O4/c1-12-19-16(11-17(13-4-5-13)22-20(19)28-23-12)21(26)27-15-8-6-14(7-9-15)24-10-2-3-18(24)25/h6-9,11,13H,2-5,10H2,1H3. The number of fused-ring (bicyclic) bond motifs is 1. The molecule has 2 aromatic heterocycles. The zero-order valence-corrected chi connectivity index (χ0v) is 15.5. The van der Waals surface area contributed by atoms with Crippen molar-refractivity contribution in [2.45, 2.75) is 38.5 Å². The third-order valence-electron chi connectivity index (χ3n) is 5.28. The number of carbonyl (C=O) groups excluding carboxylic acids is 2. The minimum atomic E-state index is -0.467. The molecule has 1 aliphatic heterocycles. The van der Waals surface area contributed by atoms with E-state index in [1.807, 2.05) is 0 Å². The molecule has 2 aliphatic rings. The van der Waals surface area contributed by atoms with Gasteiger partial charge in [0.05, 0.1) is 16.6 Å². The summed E-state index contributed by atoms with van der Waals surface area (Å²) in [6, 6.07) is 8.81. The third kappa shape index (κ3) is 2.93. The number of aromatic nitrogens is 2. The molecule has 1 amide bonds. The maximum absolute atomic E-state index is 12.9. The Bertz CT molecular complexity index is 1080. The topological polar surface area (TPSA) is 85.5 Å². The lowest BCUT2D eigenvalue weighted by atomic mass is 10.1. The van der Waals surface area contributed by atoms with Gasteiger partial charge in [0, 0.05) is 30.3 Å². The van der Waals surface area contributed by atoms with Gasteiger partial charge in [-0.3, -0.25) is 4.79 Å². The van der Waals surface area contributed by atoms with Crippen molar-refractivity contribution in [3.05, 3.63) is 47.3 Å². The van der Waals surface area contributed by atoms with Gasteiger partial charge in [-0.2, -0.15) is 0 Å². The van der Waals surface area contributed by atoms with Gasteiger partial charge in [-0.25, -0.2) is 9.78 Å². The Morgan fingerprint density at radius 3 is 2.71 bits per heavy atom. The van der Waals surface area contributed by atoms with Crippen LogP contribution in [-0.4, -0.2) is 28.6 Å². The molecule has 0 radical (unpaired) electrons. The van der Waals surface area contributed by atoms with E-state index in [9.17, 15) is 9.59 Å². The van der Waals surface area contributed by atoms with Crippen LogP contribution in [0, 0.1) is 6.92 Å². The van der Waals surface area contributed by atoms with E-state index < -0.39 is 5.97 Å². The Hall–Kier alpha value is -3.22. The third-order valence-corrected chi connectivity index (χ3v) is 5.28. The van der Waals surface area contributed by atoms with Crippen LogP contribution in [0.15, 0.2) is 34.9 Å². The molecular formula is C21H19N3O4. The van der Waals surface area contributed by atoms with E-state index in [1.165, 1.54) is 0 Å². The van der Waals surface area contributed by atoms with Gasteiger partial charge in [0.1, 0.15) is 5.75 Å². The molecule has 0 unspecified atom stereocenters. The quantitative estimate of drug-likeness (QED) is 0.508. The van der Waals surface area contributed by atoms with Crippen LogP contribution in [0.25, 0.3) is 11.1 Å². The highest BCUT2D eigenvalue weighted by atomic mass is 16.5. The van der Waals surface area contributed by atoms with Crippen LogP contribution in [0.3, 0.4) is 0 Å². The molecule has 0 atom stereocenters. The van der Waals surface area contributed by atoms with E-state index in [-0.39, 0.29) is 5.91 Å². The second kappa shape index (κ2) is 6.44. The summed E-state index contributed by atoms with van der Waals surface area (Å²) in [7, 11) is 0. The first-order chi connectivity index (χ1) is 13.6. The van der Waals surface area contributed by atoms with Gasteiger partial charge in [-0.15, -0.1) is 0 Å². The first-order valence-corrected chi connectivity index (χ1v) is 9.49. The number of pyridine rings is 1. The molecule has 0 bridgehead atoms. The molecule has 3 heterocycles. The second-order valence-corrected chi connectivity index (χ2v) is 7.35. The van der Waals surface area contributed by atoms with Crippen LogP contribution in [0.5, 0.6) is 5.75 Å². The largest absolute Gasteiger partial charge is 0.423 e. The van der Waals surface area contributed by atoms with E-state index in [4.69, 9.17) is 9.26 Å². The molecule has 0 N–H and O–H groups in total. The summed E-state index contributed by atoms with van der Waals surface area (Å²) in [5.74, 6) is 0.455. The number of amides is 1. The molecule has 0 spiro atoms. The number of rotatable bonds is 4. The van der Waals surface area contributed by atoms with Crippen LogP contribution in [0.1, 0.15) is 53.3 Å². The Morgan fingerprint density at radius 2 is 2.04 bits per heavy atom. The van der Waals surface area contributed by atoms with Gasteiger partial charge in [0.25, 0.3) is 5.71 Å². The zero-order valence-electron chi connectivity index (χ0n) is 15.5. The van der Waals surface area contributed by atoms with Crippen molar-refractivity contribution >= 4 is 28.7 Å². The van der Waals surface area contributed by atoms with E-state index in [0.717, 1.165) is 37.2 Å². The maximum atomic E-state index is 12.9. The van der Waals surface area contributed by atoms with Crippen molar-refractivity contribution < 1.29 is 18.8 Å². The van der Waals surface area contributed by atoms with Crippen LogP contribution in [0.4, 0.5) is 5.69 Å². The lowest BCUT2D eigenvalue weighted by Gasteiger charge is -2.15. The highest BCUT2D eigenvalue weighted by molar-refractivity contribution is 6.04. The average molecular weight is 377 g/mol. The summed E-state index contributed by atoms with van der Waals surface area (Å²) in [4.78, 5) is 31.0. The summed E-state index contributed by atoms with van der Waals surface area (Å²) >= 11 is 0. The number of aryl methyl sites for hydroxylation is 1. The molecule has 3 aromatic rings. The molecular weight excluding hydrogens is 358 g/mol. The number of nitrogens with zero attached hydrogens (tertiary/aromatic N) is 3. The second-order valence-electron chi connectivity index (χ2n) is 7.35. The van der Waals surface area contributed by atoms with E-state index >= 15 is 0 Å². The monoisotopic (exact) mass is 377 g/mol. The van der Waals surface area contributed by atoms with Crippen LogP contribution in [-0.2, 0) is 4.79 Å². The van der Waals surface area contributed by atoms with E-state index in [0.29, 0.717) is 40.4 Å². The van der Waals surface area contributed by atoms with Crippen molar-refractivity contribution in [1.29, 1.82) is 0 Å². The lowest BCUT2D eigenvalue weighted by Crippen LogP contribution is -2.23. The molecule has 28 heavy (non-hydrogen) atoms. The summed E-state index contributed by atoms with van der Waals surface area (Å²) in [5, 5.41) is 4.54. The Kier molecular flexibility index (Phi) is 3.89. The number of hydrogen-bond donors (Lipinski definition) is 0. The van der Waals surface area contributed by atoms with Crippen molar-refractivity contribution in [3.8, 4) is 5.75 Å². The van der Waals surface area contributed by atoms with Gasteiger partial charge in [0.2, 0.25) is 5.91 Å². The number of carbonyl (C=O) groups is 2. The highest BCUT2D eigenvalue weighted by Crippen LogP contribution is 2.40. The number of anilines is 1. The molecule has 5 rings (SSSR count). The Morgan fingerprint density at radius 1 is 1.25 bits per heavy atom. The van der Waals surface area contributed by atoms with Gasteiger partial charge in [-0.1, -0.05) is 5.16 Å². The van der Waals surface area contributed by atoms with Gasteiger partial charge < -0.3 is 14.2 Å². The van der Waals surface area contributed by atoms with Gasteiger partial charge in [0.15, 0.2) is 0 Å². The van der Waals surface area contributed by atoms with Crippen molar-refractivity contribution in [2.24, 2.45) is 0 Å². The lowest BCUT2D eigenvalue weighted by molar-refractivity contribution is -0.117. The molecule has 1 aliphatic carbocycles. The van der Waals surface area contributed by atoms with E-state index in [1.54, 1.807) is 42.2 Å². The first-order valence-electron chi connectivity index (χ1n) is 9.49. The molecule has 1 saturated carbocycles. The number of esters is 1. The predicted octanol–water partition coefficient (Wildman–Crippen LogP) is 3.75. The van der Waals surface area contributed by atoms with Gasteiger partial charge >= 0.3 is 5.97 Å². The highest BCUT2D eigenvalue weighted by Gasteiger charge is 2.29. The Balaban J connectivity index is 1.42. The molecule has 1 saturated heterocycles. The molecule has 1 aromatic carbocycles. The van der Waals surface area contributed by atoms with Gasteiger partial charge in [-0.05, 0) is 56.5 Å². The fourth-order valence-electron chi connectivity index (χ4n) is 3.64. The first kappa shape index (κ1) is 16.9. The van der Waals surface area contributed by atoms with Crippen molar-refractivity contribution in [1.82, 2.24) is 10.1 Å². The fourth-order valence-corrected chi connectivity index (χ4v) is 3.64. The summed E-state index contributed by atoms with van der Waals surface area (Å²) < 4.78 is 10.9. The Labute approximate surface area is 161 Å². The zero-order chi connectivity index (χ0) is 19.3. The molecule has 2 fully saturated rings. The smallest absolute Gasteiger partial charge is 0.344 e. The van der Waals surface area contributed by atoms with Crippen molar-refractivity contribution in [3.63, 3.8) is 0 Å². The number of hydrogen-bond acceptors (Lipinski definition) is 6. The summed E-state index contributed by atoms with van der Waals surface area (Å²) in [6.07, 6.45) is 3.58. The SMILES string of the molecule is Cc1noc2nc(C3CC3)cc(C(=O)Oc3ccc(N4CCCC4=O)cc3)c12. The molecule has 7 heteroatoms. The van der Waals surface area contributed by atoms with Crippen LogP contribution >= 0.6 is 0 Å². The maximum Gasteiger partial charge on any atom is 0.344 e. The number of ether oxygens (including phenoxy) is 1. The predicted molar refractivity (Wildman–Crippen MR) is 102 cm³/mol. The summed E-state index contributed by atoms with van der Waals surface area (Å²) in [5.41, 5.74) is 3.07. The van der Waals surface area contributed by atoms with Crippen molar-refractivity contribution in [2.75, 3.05) is 11.4 Å². The molecule has 7 nitrogen and oxygen atoms in total. The normalized spacial score (nSPS) is 16.8.